The summed E-state index contributed by atoms with van der Waals surface area (Å²) in [5.74, 6) is 0.862. The van der Waals surface area contributed by atoms with E-state index in [1.54, 1.807) is 12.1 Å². The van der Waals surface area contributed by atoms with Crippen LogP contribution in [0.25, 0.3) is 10.1 Å². The van der Waals surface area contributed by atoms with E-state index in [-0.39, 0.29) is 16.4 Å². The minimum Gasteiger partial charge on any atom is -0.269 e. The third-order valence-electron chi connectivity index (χ3n) is 2.59. The summed E-state index contributed by atoms with van der Waals surface area (Å²) in [6.07, 6.45) is 0. The molecule has 5 heteroatoms. The summed E-state index contributed by atoms with van der Waals surface area (Å²) in [4.78, 5) is 23.8. The molecule has 0 aliphatic carbocycles. The third kappa shape index (κ3) is 2.45. The van der Waals surface area contributed by atoms with E-state index in [2.05, 4.69) is 12.6 Å². The van der Waals surface area contributed by atoms with Gasteiger partial charge in [0.05, 0.1) is 5.39 Å². The van der Waals surface area contributed by atoms with E-state index in [1.165, 1.54) is 4.57 Å². The molecule has 0 bridgehead atoms. The largest absolute Gasteiger partial charge is 0.310 e. The van der Waals surface area contributed by atoms with Crippen molar-refractivity contribution in [3.63, 3.8) is 0 Å². The fourth-order valence-corrected chi connectivity index (χ4v) is 2.62. The van der Waals surface area contributed by atoms with Gasteiger partial charge < -0.3 is 0 Å². The van der Waals surface area contributed by atoms with Crippen LogP contribution in [0.3, 0.4) is 0 Å². The van der Waals surface area contributed by atoms with E-state index >= 15 is 0 Å². The second kappa shape index (κ2) is 5.06. The molecule has 1 aromatic carbocycles. The Balaban J connectivity index is 2.64. The number of hydrogen-bond acceptors (Lipinski definition) is 4. The van der Waals surface area contributed by atoms with Gasteiger partial charge >= 0.3 is 4.87 Å². The van der Waals surface area contributed by atoms with Crippen LogP contribution < -0.4 is 10.4 Å². The lowest BCUT2D eigenvalue weighted by atomic mass is 10.2. The molecule has 0 amide bonds. The van der Waals surface area contributed by atoms with Gasteiger partial charge in [0, 0.05) is 11.2 Å². The van der Waals surface area contributed by atoms with Gasteiger partial charge in [-0.05, 0) is 23.8 Å². The molecule has 3 nitrogen and oxygen atoms in total. The first-order valence-electron chi connectivity index (χ1n) is 5.37. The Morgan fingerprint density at radius 1 is 1.35 bits per heavy atom. The summed E-state index contributed by atoms with van der Waals surface area (Å²) in [5, 5.41) is 0.614. The predicted molar refractivity (Wildman–Crippen MR) is 75.4 cm³/mol. The lowest BCUT2D eigenvalue weighted by Gasteiger charge is -2.09. The lowest BCUT2D eigenvalue weighted by molar-refractivity contribution is 0.515. The molecule has 1 aromatic heterocycles. The number of hydrogen-bond donors (Lipinski definition) is 1. The molecule has 0 spiro atoms. The molecule has 90 valence electrons. The van der Waals surface area contributed by atoms with Gasteiger partial charge in [0.15, 0.2) is 0 Å². The van der Waals surface area contributed by atoms with Crippen LogP contribution in [0.2, 0.25) is 0 Å². The number of fused-ring (bicyclic) bond motifs is 1. The molecule has 0 fully saturated rings. The van der Waals surface area contributed by atoms with Gasteiger partial charge in [0.25, 0.3) is 5.56 Å². The predicted octanol–water partition coefficient (Wildman–Crippen LogP) is 1.99. The molecule has 1 unspecified atom stereocenters. The minimum absolute atomic E-state index is 0.192. The van der Waals surface area contributed by atoms with Crippen molar-refractivity contribution in [2.24, 2.45) is 5.92 Å². The maximum atomic E-state index is 12.1. The molecule has 0 saturated carbocycles. The van der Waals surface area contributed by atoms with Crippen molar-refractivity contribution in [2.75, 3.05) is 5.75 Å². The second-order valence-electron chi connectivity index (χ2n) is 4.07. The Morgan fingerprint density at radius 3 is 2.76 bits per heavy atom. The van der Waals surface area contributed by atoms with Crippen LogP contribution in [0, 0.1) is 5.92 Å². The number of thiol groups is 1. The first kappa shape index (κ1) is 12.4. The number of aromatic nitrogens is 1. The summed E-state index contributed by atoms with van der Waals surface area (Å²) in [6, 6.07) is 7.20. The first-order valence-corrected chi connectivity index (χ1v) is 6.82. The van der Waals surface area contributed by atoms with Crippen molar-refractivity contribution in [1.29, 1.82) is 0 Å². The summed E-state index contributed by atoms with van der Waals surface area (Å²) in [7, 11) is 0. The average molecular weight is 267 g/mol. The van der Waals surface area contributed by atoms with E-state index in [0.717, 1.165) is 16.0 Å². The summed E-state index contributed by atoms with van der Waals surface area (Å²) in [5.41, 5.74) is -0.196. The minimum atomic E-state index is -0.196. The highest BCUT2D eigenvalue weighted by atomic mass is 32.1. The summed E-state index contributed by atoms with van der Waals surface area (Å²) < 4.78 is 2.06. The smallest absolute Gasteiger partial charge is 0.269 e. The Hall–Kier alpha value is -1.07. The maximum absolute atomic E-state index is 12.1. The van der Waals surface area contributed by atoms with Crippen LogP contribution in [0.15, 0.2) is 33.9 Å². The van der Waals surface area contributed by atoms with Gasteiger partial charge in [-0.1, -0.05) is 30.4 Å². The van der Waals surface area contributed by atoms with Gasteiger partial charge in [-0.2, -0.15) is 12.6 Å². The fourth-order valence-electron chi connectivity index (χ4n) is 1.64. The molecule has 2 aromatic rings. The molecular formula is C12H13NO2S2. The number of benzene rings is 1. The zero-order valence-corrected chi connectivity index (χ0v) is 11.1. The highest BCUT2D eigenvalue weighted by molar-refractivity contribution is 7.80. The Labute approximate surface area is 108 Å². The molecule has 0 radical (unpaired) electrons. The zero-order chi connectivity index (χ0) is 12.4. The van der Waals surface area contributed by atoms with Gasteiger partial charge in [-0.3, -0.25) is 14.2 Å². The Kier molecular flexibility index (Phi) is 3.69. The molecule has 0 N–H and O–H groups in total. The van der Waals surface area contributed by atoms with Gasteiger partial charge in [0.1, 0.15) is 0 Å². The van der Waals surface area contributed by atoms with Crippen LogP contribution in [-0.2, 0) is 6.54 Å². The van der Waals surface area contributed by atoms with Gasteiger partial charge in [-0.15, -0.1) is 0 Å². The number of rotatable bonds is 3. The van der Waals surface area contributed by atoms with Crippen LogP contribution in [0.5, 0.6) is 0 Å². The fraction of sp³-hybridized carbons (Fsp3) is 0.333. The second-order valence-corrected chi connectivity index (χ2v) is 5.43. The molecular weight excluding hydrogens is 254 g/mol. The topological polar surface area (TPSA) is 39.1 Å². The normalized spacial score (nSPS) is 12.8. The van der Waals surface area contributed by atoms with Crippen LogP contribution in [0.1, 0.15) is 6.92 Å². The molecule has 0 aliphatic rings. The van der Waals surface area contributed by atoms with Crippen LogP contribution in [-0.4, -0.2) is 10.3 Å². The van der Waals surface area contributed by atoms with Crippen molar-refractivity contribution >= 4 is 34.1 Å². The molecule has 0 aliphatic heterocycles. The van der Waals surface area contributed by atoms with Crippen molar-refractivity contribution in [2.45, 2.75) is 13.5 Å². The zero-order valence-electron chi connectivity index (χ0n) is 9.42. The van der Waals surface area contributed by atoms with Crippen LogP contribution >= 0.6 is 24.0 Å². The Morgan fingerprint density at radius 2 is 2.06 bits per heavy atom. The number of nitrogens with zero attached hydrogens (tertiary/aromatic N) is 1. The van der Waals surface area contributed by atoms with E-state index < -0.39 is 0 Å². The van der Waals surface area contributed by atoms with Crippen molar-refractivity contribution in [3.05, 3.63) is 44.3 Å². The van der Waals surface area contributed by atoms with Gasteiger partial charge in [0.2, 0.25) is 0 Å². The highest BCUT2D eigenvalue weighted by Gasteiger charge is 2.10. The van der Waals surface area contributed by atoms with E-state index in [4.69, 9.17) is 0 Å². The van der Waals surface area contributed by atoms with Crippen molar-refractivity contribution < 1.29 is 0 Å². The van der Waals surface area contributed by atoms with Crippen LogP contribution in [0.4, 0.5) is 0 Å². The monoisotopic (exact) mass is 267 g/mol. The van der Waals surface area contributed by atoms with E-state index in [1.807, 2.05) is 19.1 Å². The quantitative estimate of drug-likeness (QED) is 0.864. The van der Waals surface area contributed by atoms with Crippen molar-refractivity contribution in [1.82, 2.24) is 4.57 Å². The van der Waals surface area contributed by atoms with E-state index in [9.17, 15) is 9.59 Å². The van der Waals surface area contributed by atoms with Crippen molar-refractivity contribution in [3.8, 4) is 0 Å². The molecule has 1 atom stereocenters. The highest BCUT2D eigenvalue weighted by Crippen LogP contribution is 2.11. The standard InChI is InChI=1S/C12H13NO2S2/c1-8(7-16)6-13-11(14)9-4-2-3-5-10(9)17-12(13)15/h2-5,8,16H,6-7H2,1H3. The molecule has 1 heterocycles. The molecule has 0 saturated heterocycles. The van der Waals surface area contributed by atoms with Gasteiger partial charge in [-0.25, -0.2) is 0 Å². The molecule has 17 heavy (non-hydrogen) atoms. The summed E-state index contributed by atoms with van der Waals surface area (Å²) in [6.45, 7) is 2.40. The lowest BCUT2D eigenvalue weighted by Crippen LogP contribution is -2.33. The third-order valence-corrected chi connectivity index (χ3v) is 4.18. The SMILES string of the molecule is CC(CS)Cn1c(=O)sc2ccccc2c1=O. The maximum Gasteiger partial charge on any atom is 0.310 e. The van der Waals surface area contributed by atoms with E-state index in [0.29, 0.717) is 17.7 Å². The first-order chi connectivity index (χ1) is 8.13. The summed E-state index contributed by atoms with van der Waals surface area (Å²) >= 11 is 5.29. The average Bonchev–Trinajstić information content (AvgIpc) is 2.34. The molecule has 2 rings (SSSR count). The Bertz CT molecular complexity index is 645.